The third-order valence-electron chi connectivity index (χ3n) is 2.99. The highest BCUT2D eigenvalue weighted by Crippen LogP contribution is 2.21. The minimum absolute atomic E-state index is 0.0393. The number of benzene rings is 1. The van der Waals surface area contributed by atoms with E-state index in [9.17, 15) is 9.18 Å². The molecule has 0 saturated heterocycles. The first kappa shape index (κ1) is 13.3. The van der Waals surface area contributed by atoms with E-state index in [1.54, 1.807) is 17.6 Å². The van der Waals surface area contributed by atoms with Gasteiger partial charge in [-0.1, -0.05) is 0 Å². The van der Waals surface area contributed by atoms with Gasteiger partial charge in [0, 0.05) is 25.6 Å². The Morgan fingerprint density at radius 1 is 1.53 bits per heavy atom. The summed E-state index contributed by atoms with van der Waals surface area (Å²) in [6, 6.07) is 3.06. The molecule has 0 aliphatic carbocycles. The fraction of sp³-hybridized carbons (Fsp3) is 0.385. The van der Waals surface area contributed by atoms with E-state index >= 15 is 0 Å². The molecule has 0 aliphatic rings. The van der Waals surface area contributed by atoms with E-state index in [0.29, 0.717) is 36.5 Å². The largest absolute Gasteiger partial charge is 0.369 e. The molecule has 0 bridgehead atoms. The van der Waals surface area contributed by atoms with Gasteiger partial charge in [-0.25, -0.2) is 9.37 Å². The molecule has 0 radical (unpaired) electrons. The molecule has 19 heavy (non-hydrogen) atoms. The van der Waals surface area contributed by atoms with Crippen molar-refractivity contribution in [2.45, 2.75) is 26.8 Å². The van der Waals surface area contributed by atoms with E-state index in [0.717, 1.165) is 5.52 Å². The first-order chi connectivity index (χ1) is 9.02. The number of nitrogens with one attached hydrogen (secondary N) is 1. The van der Waals surface area contributed by atoms with Crippen LogP contribution in [0.15, 0.2) is 12.1 Å². The number of amides is 1. The Kier molecular flexibility index (Phi) is 3.69. The van der Waals surface area contributed by atoms with Crippen molar-refractivity contribution in [2.24, 2.45) is 0 Å². The molecule has 6 heteroatoms. The standard InChI is InChI=1S/C13H17FN4O/c1-3-16-12(19)4-5-18-11-6-8(2)9(14)7-10(11)17-13(18)15/h6-7H,3-5H2,1-2H3,(H2,15,17)(H,16,19). The Labute approximate surface area is 110 Å². The van der Waals surface area contributed by atoms with E-state index in [2.05, 4.69) is 10.3 Å². The van der Waals surface area contributed by atoms with Crippen LogP contribution in [0.1, 0.15) is 18.9 Å². The Morgan fingerprint density at radius 2 is 2.26 bits per heavy atom. The lowest BCUT2D eigenvalue weighted by molar-refractivity contribution is -0.121. The number of nitrogens with two attached hydrogens (primary N) is 1. The van der Waals surface area contributed by atoms with Crippen LogP contribution < -0.4 is 11.1 Å². The van der Waals surface area contributed by atoms with Gasteiger partial charge >= 0.3 is 0 Å². The van der Waals surface area contributed by atoms with Crippen molar-refractivity contribution in [2.75, 3.05) is 12.3 Å². The molecule has 102 valence electrons. The second kappa shape index (κ2) is 5.26. The fourth-order valence-electron chi connectivity index (χ4n) is 2.00. The molecule has 0 fully saturated rings. The third-order valence-corrected chi connectivity index (χ3v) is 2.99. The maximum Gasteiger partial charge on any atom is 0.221 e. The maximum atomic E-state index is 13.4. The number of imidazole rings is 1. The number of aryl methyl sites for hydroxylation is 2. The van der Waals surface area contributed by atoms with Gasteiger partial charge in [-0.15, -0.1) is 0 Å². The Morgan fingerprint density at radius 3 is 2.95 bits per heavy atom. The summed E-state index contributed by atoms with van der Waals surface area (Å²) in [5.41, 5.74) is 7.61. The molecule has 0 unspecified atom stereocenters. The number of rotatable bonds is 4. The lowest BCUT2D eigenvalue weighted by atomic mass is 10.2. The summed E-state index contributed by atoms with van der Waals surface area (Å²) < 4.78 is 15.2. The predicted molar refractivity (Wildman–Crippen MR) is 72.1 cm³/mol. The molecule has 1 aromatic heterocycles. The molecule has 1 heterocycles. The highest BCUT2D eigenvalue weighted by atomic mass is 19.1. The van der Waals surface area contributed by atoms with Gasteiger partial charge in [0.15, 0.2) is 0 Å². The van der Waals surface area contributed by atoms with Crippen LogP contribution >= 0.6 is 0 Å². The fourth-order valence-corrected chi connectivity index (χ4v) is 2.00. The van der Waals surface area contributed by atoms with Gasteiger partial charge in [0.2, 0.25) is 11.9 Å². The van der Waals surface area contributed by atoms with Gasteiger partial charge in [-0.05, 0) is 25.5 Å². The van der Waals surface area contributed by atoms with Crippen molar-refractivity contribution in [3.8, 4) is 0 Å². The predicted octanol–water partition coefficient (Wildman–Crippen LogP) is 1.59. The zero-order chi connectivity index (χ0) is 14.0. The van der Waals surface area contributed by atoms with Crippen molar-refractivity contribution in [1.82, 2.24) is 14.9 Å². The van der Waals surface area contributed by atoms with Crippen LogP contribution in [0.4, 0.5) is 10.3 Å². The van der Waals surface area contributed by atoms with Gasteiger partial charge in [0.1, 0.15) is 5.82 Å². The number of nitrogen functional groups attached to an aromatic ring is 1. The average molecular weight is 264 g/mol. The quantitative estimate of drug-likeness (QED) is 0.880. The molecule has 1 amide bonds. The topological polar surface area (TPSA) is 72.9 Å². The van der Waals surface area contributed by atoms with E-state index in [-0.39, 0.29) is 11.7 Å². The summed E-state index contributed by atoms with van der Waals surface area (Å²) in [6.07, 6.45) is 0.319. The summed E-state index contributed by atoms with van der Waals surface area (Å²) in [4.78, 5) is 15.6. The number of aromatic nitrogens is 2. The summed E-state index contributed by atoms with van der Waals surface area (Å²) in [6.45, 7) is 4.58. The molecule has 3 N–H and O–H groups in total. The minimum atomic E-state index is -0.305. The Hall–Kier alpha value is -2.11. The van der Waals surface area contributed by atoms with Gasteiger partial charge in [0.25, 0.3) is 0 Å². The normalized spacial score (nSPS) is 10.9. The molecular formula is C13H17FN4O. The molecule has 2 aromatic rings. The summed E-state index contributed by atoms with van der Waals surface area (Å²) >= 11 is 0. The minimum Gasteiger partial charge on any atom is -0.369 e. The average Bonchev–Trinajstić information content (AvgIpc) is 2.63. The molecular weight excluding hydrogens is 247 g/mol. The van der Waals surface area contributed by atoms with Crippen LogP contribution in [0.5, 0.6) is 0 Å². The second-order valence-electron chi connectivity index (χ2n) is 4.42. The van der Waals surface area contributed by atoms with E-state index in [4.69, 9.17) is 5.73 Å². The Bertz CT molecular complexity index is 621. The number of halogens is 1. The molecule has 0 spiro atoms. The number of carbonyl (C=O) groups excluding carboxylic acids is 1. The first-order valence-electron chi connectivity index (χ1n) is 6.21. The highest BCUT2D eigenvalue weighted by molar-refractivity contribution is 5.80. The smallest absolute Gasteiger partial charge is 0.221 e. The van der Waals surface area contributed by atoms with Crippen LogP contribution in [0.3, 0.4) is 0 Å². The van der Waals surface area contributed by atoms with Gasteiger partial charge in [0.05, 0.1) is 11.0 Å². The maximum absolute atomic E-state index is 13.4. The SMILES string of the molecule is CCNC(=O)CCn1c(N)nc2cc(F)c(C)cc21. The molecule has 5 nitrogen and oxygen atoms in total. The van der Waals surface area contributed by atoms with Crippen molar-refractivity contribution in [3.63, 3.8) is 0 Å². The van der Waals surface area contributed by atoms with Gasteiger partial charge in [-0.3, -0.25) is 4.79 Å². The number of hydrogen-bond acceptors (Lipinski definition) is 3. The van der Waals surface area contributed by atoms with Crippen molar-refractivity contribution in [3.05, 3.63) is 23.5 Å². The zero-order valence-corrected chi connectivity index (χ0v) is 11.0. The number of anilines is 1. The number of carbonyl (C=O) groups is 1. The van der Waals surface area contributed by atoms with Crippen molar-refractivity contribution in [1.29, 1.82) is 0 Å². The number of hydrogen-bond donors (Lipinski definition) is 2. The van der Waals surface area contributed by atoms with Crippen molar-refractivity contribution >= 4 is 22.9 Å². The summed E-state index contributed by atoms with van der Waals surface area (Å²) in [5.74, 6) is -0.0484. The molecule has 0 saturated carbocycles. The summed E-state index contributed by atoms with van der Waals surface area (Å²) in [5, 5.41) is 2.72. The van der Waals surface area contributed by atoms with Crippen LogP contribution in [-0.4, -0.2) is 22.0 Å². The van der Waals surface area contributed by atoms with Crippen LogP contribution in [-0.2, 0) is 11.3 Å². The molecule has 0 aliphatic heterocycles. The summed E-state index contributed by atoms with van der Waals surface area (Å²) in [7, 11) is 0. The van der Waals surface area contributed by atoms with Crippen LogP contribution in [0, 0.1) is 12.7 Å². The van der Waals surface area contributed by atoms with E-state index in [1.165, 1.54) is 6.07 Å². The number of nitrogens with zero attached hydrogens (tertiary/aromatic N) is 2. The van der Waals surface area contributed by atoms with E-state index in [1.807, 2.05) is 6.92 Å². The first-order valence-corrected chi connectivity index (χ1v) is 6.21. The van der Waals surface area contributed by atoms with Gasteiger partial charge < -0.3 is 15.6 Å². The second-order valence-corrected chi connectivity index (χ2v) is 4.42. The lowest BCUT2D eigenvalue weighted by Crippen LogP contribution is -2.24. The monoisotopic (exact) mass is 264 g/mol. The van der Waals surface area contributed by atoms with Crippen molar-refractivity contribution < 1.29 is 9.18 Å². The van der Waals surface area contributed by atoms with Crippen LogP contribution in [0.25, 0.3) is 11.0 Å². The van der Waals surface area contributed by atoms with Gasteiger partial charge in [-0.2, -0.15) is 0 Å². The van der Waals surface area contributed by atoms with Crippen LogP contribution in [0.2, 0.25) is 0 Å². The molecule has 0 atom stereocenters. The molecule has 2 rings (SSSR count). The Balaban J connectivity index is 2.30. The molecule has 1 aromatic carbocycles. The number of fused-ring (bicyclic) bond motifs is 1. The zero-order valence-electron chi connectivity index (χ0n) is 11.0. The lowest BCUT2D eigenvalue weighted by Gasteiger charge is -2.07. The third kappa shape index (κ3) is 2.67. The van der Waals surface area contributed by atoms with E-state index < -0.39 is 0 Å². The highest BCUT2D eigenvalue weighted by Gasteiger charge is 2.11.